The van der Waals surface area contributed by atoms with Crippen LogP contribution in [0.5, 0.6) is 0 Å². The standard InChI is InChI=1S/C12H15N2/c1-3-7-11(8-4-1)14-12-9-5-2-6-10-13-12/h3-4,7-8H,2,5-6,9-10H2,(H,13,14). The summed E-state index contributed by atoms with van der Waals surface area (Å²) >= 11 is 0. The minimum atomic E-state index is 0.974. The van der Waals surface area contributed by atoms with Crippen LogP contribution in [0.2, 0.25) is 0 Å². The maximum atomic E-state index is 4.51. The van der Waals surface area contributed by atoms with Crippen molar-refractivity contribution < 1.29 is 0 Å². The number of aliphatic imine (C=N–C) groups is 1. The Bertz CT molecular complexity index is 303. The Morgan fingerprint density at radius 1 is 1.14 bits per heavy atom. The second-order valence-electron chi connectivity index (χ2n) is 3.55. The van der Waals surface area contributed by atoms with E-state index in [0.717, 1.165) is 24.5 Å². The molecule has 0 aromatic heterocycles. The van der Waals surface area contributed by atoms with E-state index in [2.05, 4.69) is 16.4 Å². The van der Waals surface area contributed by atoms with E-state index < -0.39 is 0 Å². The lowest BCUT2D eigenvalue weighted by Crippen LogP contribution is -2.11. The zero-order valence-electron chi connectivity index (χ0n) is 8.29. The average molecular weight is 187 g/mol. The summed E-state index contributed by atoms with van der Waals surface area (Å²) in [5.41, 5.74) is 1.12. The van der Waals surface area contributed by atoms with Crippen molar-refractivity contribution in [2.45, 2.75) is 25.7 Å². The molecule has 1 aromatic rings. The predicted molar refractivity (Wildman–Crippen MR) is 59.7 cm³/mol. The Morgan fingerprint density at radius 2 is 2.00 bits per heavy atom. The van der Waals surface area contributed by atoms with Crippen LogP contribution in [0.3, 0.4) is 0 Å². The van der Waals surface area contributed by atoms with Gasteiger partial charge in [0, 0.05) is 18.7 Å². The molecule has 1 aromatic carbocycles. The fourth-order valence-corrected chi connectivity index (χ4v) is 1.61. The van der Waals surface area contributed by atoms with Crippen LogP contribution in [-0.2, 0) is 0 Å². The van der Waals surface area contributed by atoms with Crippen LogP contribution in [0.15, 0.2) is 29.3 Å². The van der Waals surface area contributed by atoms with Crippen molar-refractivity contribution in [3.63, 3.8) is 0 Å². The molecule has 2 heteroatoms. The molecule has 0 saturated carbocycles. The van der Waals surface area contributed by atoms with E-state index in [0.29, 0.717) is 0 Å². The van der Waals surface area contributed by atoms with Crippen molar-refractivity contribution in [3.8, 4) is 0 Å². The second-order valence-corrected chi connectivity index (χ2v) is 3.55. The maximum Gasteiger partial charge on any atom is 0.101 e. The summed E-state index contributed by atoms with van der Waals surface area (Å²) in [6.07, 6.45) is 4.87. The second kappa shape index (κ2) is 4.80. The number of benzene rings is 1. The average Bonchev–Trinajstić information content (AvgIpc) is 2.48. The van der Waals surface area contributed by atoms with Crippen LogP contribution in [0.25, 0.3) is 0 Å². The van der Waals surface area contributed by atoms with Crippen LogP contribution in [0, 0.1) is 6.07 Å². The van der Waals surface area contributed by atoms with Crippen LogP contribution in [-0.4, -0.2) is 12.4 Å². The van der Waals surface area contributed by atoms with E-state index in [1.165, 1.54) is 19.3 Å². The van der Waals surface area contributed by atoms with Gasteiger partial charge in [-0.2, -0.15) is 0 Å². The number of amidine groups is 1. The quantitative estimate of drug-likeness (QED) is 0.718. The number of anilines is 1. The Hall–Kier alpha value is -1.31. The summed E-state index contributed by atoms with van der Waals surface area (Å²) < 4.78 is 0. The molecule has 0 atom stereocenters. The molecule has 1 radical (unpaired) electrons. The lowest BCUT2D eigenvalue weighted by atomic mass is 10.2. The van der Waals surface area contributed by atoms with Crippen molar-refractivity contribution in [2.24, 2.45) is 4.99 Å². The van der Waals surface area contributed by atoms with Crippen molar-refractivity contribution in [1.82, 2.24) is 0 Å². The van der Waals surface area contributed by atoms with E-state index >= 15 is 0 Å². The van der Waals surface area contributed by atoms with Crippen LogP contribution in [0.1, 0.15) is 25.7 Å². The molecule has 2 rings (SSSR count). The van der Waals surface area contributed by atoms with Gasteiger partial charge in [-0.15, -0.1) is 0 Å². The topological polar surface area (TPSA) is 24.4 Å². The van der Waals surface area contributed by atoms with Gasteiger partial charge >= 0.3 is 0 Å². The molecule has 0 fully saturated rings. The normalized spacial score (nSPS) is 17.0. The van der Waals surface area contributed by atoms with Gasteiger partial charge < -0.3 is 5.32 Å². The van der Waals surface area contributed by atoms with Gasteiger partial charge in [0.2, 0.25) is 0 Å². The van der Waals surface area contributed by atoms with Crippen LogP contribution in [0.4, 0.5) is 5.69 Å². The summed E-state index contributed by atoms with van der Waals surface area (Å²) in [6.45, 7) is 0.974. The van der Waals surface area contributed by atoms with Crippen molar-refractivity contribution in [1.29, 1.82) is 0 Å². The summed E-state index contributed by atoms with van der Waals surface area (Å²) in [7, 11) is 0. The van der Waals surface area contributed by atoms with E-state index in [4.69, 9.17) is 0 Å². The molecule has 0 unspecified atom stereocenters. The molecule has 0 bridgehead atoms. The molecule has 0 spiro atoms. The Morgan fingerprint density at radius 3 is 2.86 bits per heavy atom. The molecule has 0 saturated heterocycles. The first kappa shape index (κ1) is 9.25. The highest BCUT2D eigenvalue weighted by atomic mass is 15.0. The number of rotatable bonds is 1. The largest absolute Gasteiger partial charge is 0.344 e. The molecule has 0 aliphatic carbocycles. The maximum absolute atomic E-state index is 4.51. The number of nitrogens with zero attached hydrogens (tertiary/aromatic N) is 1. The van der Waals surface area contributed by atoms with Crippen LogP contribution < -0.4 is 5.32 Å². The fraction of sp³-hybridized carbons (Fsp3) is 0.417. The minimum absolute atomic E-state index is 0.974. The molecule has 2 nitrogen and oxygen atoms in total. The highest BCUT2D eigenvalue weighted by Gasteiger charge is 2.03. The number of nitrogens with one attached hydrogen (secondary N) is 1. The van der Waals surface area contributed by atoms with E-state index in [9.17, 15) is 0 Å². The fourth-order valence-electron chi connectivity index (χ4n) is 1.61. The first-order valence-corrected chi connectivity index (χ1v) is 5.21. The first-order valence-electron chi connectivity index (χ1n) is 5.21. The first-order chi connectivity index (χ1) is 6.95. The van der Waals surface area contributed by atoms with Crippen molar-refractivity contribution in [2.75, 3.05) is 11.9 Å². The Balaban J connectivity index is 1.99. The lowest BCUT2D eigenvalue weighted by molar-refractivity contribution is 0.731. The third-order valence-corrected chi connectivity index (χ3v) is 2.38. The molecule has 73 valence electrons. The Labute approximate surface area is 85.1 Å². The summed E-state index contributed by atoms with van der Waals surface area (Å²) in [5, 5.41) is 3.35. The zero-order chi connectivity index (χ0) is 9.64. The molecule has 1 N–H and O–H groups in total. The predicted octanol–water partition coefficient (Wildman–Crippen LogP) is 2.87. The van der Waals surface area contributed by atoms with Gasteiger partial charge in [-0.3, -0.25) is 4.99 Å². The third kappa shape index (κ3) is 2.59. The van der Waals surface area contributed by atoms with Gasteiger partial charge in [0.15, 0.2) is 0 Å². The Kier molecular flexibility index (Phi) is 3.17. The molecule has 1 aliphatic heterocycles. The molecule has 0 amide bonds. The molecule has 14 heavy (non-hydrogen) atoms. The van der Waals surface area contributed by atoms with E-state index in [1.54, 1.807) is 0 Å². The lowest BCUT2D eigenvalue weighted by Gasteiger charge is -2.07. The zero-order valence-corrected chi connectivity index (χ0v) is 8.29. The van der Waals surface area contributed by atoms with Gasteiger partial charge in [0.05, 0.1) is 0 Å². The summed E-state index contributed by atoms with van der Waals surface area (Å²) in [4.78, 5) is 4.51. The minimum Gasteiger partial charge on any atom is -0.344 e. The summed E-state index contributed by atoms with van der Waals surface area (Å²) in [5.74, 6) is 1.13. The van der Waals surface area contributed by atoms with Gasteiger partial charge in [-0.1, -0.05) is 18.6 Å². The highest BCUT2D eigenvalue weighted by Crippen LogP contribution is 2.11. The number of hydrogen-bond donors (Lipinski definition) is 1. The molecular formula is C12H15N2. The van der Waals surface area contributed by atoms with Gasteiger partial charge in [0.1, 0.15) is 5.84 Å². The van der Waals surface area contributed by atoms with E-state index in [-0.39, 0.29) is 0 Å². The smallest absolute Gasteiger partial charge is 0.101 e. The van der Waals surface area contributed by atoms with Gasteiger partial charge in [-0.25, -0.2) is 0 Å². The van der Waals surface area contributed by atoms with Crippen LogP contribution >= 0.6 is 0 Å². The molecular weight excluding hydrogens is 172 g/mol. The monoisotopic (exact) mass is 187 g/mol. The van der Waals surface area contributed by atoms with Crippen molar-refractivity contribution in [3.05, 3.63) is 30.3 Å². The van der Waals surface area contributed by atoms with Gasteiger partial charge in [0.25, 0.3) is 0 Å². The van der Waals surface area contributed by atoms with Gasteiger partial charge in [-0.05, 0) is 31.0 Å². The molecule has 1 heterocycles. The highest BCUT2D eigenvalue weighted by molar-refractivity contribution is 5.95. The molecule has 1 aliphatic rings. The SMILES string of the molecule is [c]1ccc(NC2=NCCCCC2)cc1. The summed E-state index contributed by atoms with van der Waals surface area (Å²) in [6, 6.07) is 10.9. The number of hydrogen-bond acceptors (Lipinski definition) is 2. The van der Waals surface area contributed by atoms with E-state index in [1.807, 2.05) is 24.3 Å². The van der Waals surface area contributed by atoms with Crippen molar-refractivity contribution >= 4 is 11.5 Å². The third-order valence-electron chi connectivity index (χ3n) is 2.38.